The molecule has 0 saturated carbocycles. The van der Waals surface area contributed by atoms with E-state index in [1.165, 1.54) is 24.0 Å². The number of nitrogens with one attached hydrogen (secondary N) is 2. The zero-order valence-corrected chi connectivity index (χ0v) is 23.3. The third-order valence-electron chi connectivity index (χ3n) is 6.83. The number of hydrogen-bond acceptors (Lipinski definition) is 7. The molecule has 2 N–H and O–H groups in total. The molecule has 208 valence electrons. The van der Waals surface area contributed by atoms with Crippen LogP contribution in [-0.4, -0.2) is 67.2 Å². The average Bonchev–Trinajstić information content (AvgIpc) is 3.41. The molecule has 0 fully saturated rings. The van der Waals surface area contributed by atoms with Crippen molar-refractivity contribution in [2.24, 2.45) is 0 Å². The van der Waals surface area contributed by atoms with Gasteiger partial charge in [-0.15, -0.1) is 0 Å². The first-order valence-corrected chi connectivity index (χ1v) is 14.1. The molecule has 2 aliphatic heterocycles. The van der Waals surface area contributed by atoms with Crippen molar-refractivity contribution in [3.8, 4) is 5.75 Å². The van der Waals surface area contributed by atoms with Crippen LogP contribution in [0.2, 0.25) is 0 Å². The number of carbonyl (C=O) groups is 2. The number of nitrogens with zero attached hydrogens (tertiary/aromatic N) is 2. The van der Waals surface area contributed by atoms with Crippen molar-refractivity contribution in [3.05, 3.63) is 53.2 Å². The highest BCUT2D eigenvalue weighted by atomic mass is 16.5. The van der Waals surface area contributed by atoms with Crippen LogP contribution in [0.25, 0.3) is 0 Å². The number of fused-ring (bicyclic) bond motifs is 2. The van der Waals surface area contributed by atoms with Gasteiger partial charge in [0.05, 0.1) is 19.6 Å². The molecule has 0 bridgehead atoms. The van der Waals surface area contributed by atoms with Crippen LogP contribution in [0.15, 0.2) is 36.5 Å². The van der Waals surface area contributed by atoms with Crippen LogP contribution in [-0.2, 0) is 33.6 Å². The molecule has 3 heterocycles. The first-order chi connectivity index (χ1) is 18.5. The van der Waals surface area contributed by atoms with Crippen LogP contribution in [0.1, 0.15) is 63.1 Å². The van der Waals surface area contributed by atoms with Crippen molar-refractivity contribution < 1.29 is 19.1 Å². The molecule has 0 spiro atoms. The summed E-state index contributed by atoms with van der Waals surface area (Å²) < 4.78 is 11.0. The van der Waals surface area contributed by atoms with Crippen LogP contribution in [0.5, 0.6) is 5.75 Å². The maximum Gasteiger partial charge on any atom is 0.307 e. The molecule has 0 radical (unpaired) electrons. The molecule has 0 aliphatic carbocycles. The average molecular weight is 525 g/mol. The number of hydrogen-bond donors (Lipinski definition) is 2. The summed E-state index contributed by atoms with van der Waals surface area (Å²) in [7, 11) is 0. The number of amides is 1. The largest absolute Gasteiger partial charge is 0.493 e. The predicted octanol–water partition coefficient (Wildman–Crippen LogP) is 4.16. The molecule has 2 aromatic rings. The minimum absolute atomic E-state index is 0.0604. The van der Waals surface area contributed by atoms with Gasteiger partial charge in [0, 0.05) is 51.8 Å². The maximum atomic E-state index is 12.1. The first kappa shape index (κ1) is 29.4. The van der Waals surface area contributed by atoms with Crippen LogP contribution < -0.4 is 15.4 Å². The lowest BCUT2D eigenvalue weighted by atomic mass is 9.99. The highest BCUT2D eigenvalue weighted by molar-refractivity contribution is 5.73. The Bertz CT molecular complexity index is 1000. The normalized spacial score (nSPS) is 14.1. The van der Waals surface area contributed by atoms with Gasteiger partial charge in [-0.1, -0.05) is 37.6 Å². The van der Waals surface area contributed by atoms with Crippen LogP contribution in [0, 0.1) is 0 Å². The Kier molecular flexibility index (Phi) is 12.4. The van der Waals surface area contributed by atoms with E-state index in [1.807, 2.05) is 30.2 Å². The van der Waals surface area contributed by atoms with Crippen molar-refractivity contribution in [1.29, 1.82) is 0 Å². The fourth-order valence-corrected chi connectivity index (χ4v) is 4.81. The molecule has 4 rings (SSSR count). The molecule has 1 atom stereocenters. The molecule has 0 unspecified atom stereocenters. The SMILES string of the molecule is CCCCN(CCN[C@@H](CC(=O)OCC)Cc1cccc2c1OCC2)C(C)=O.c1cnc2c(c1)CCCN2. The van der Waals surface area contributed by atoms with Crippen molar-refractivity contribution in [3.63, 3.8) is 0 Å². The number of anilines is 1. The quantitative estimate of drug-likeness (QED) is 0.403. The summed E-state index contributed by atoms with van der Waals surface area (Å²) in [5.41, 5.74) is 3.70. The number of aryl methyl sites for hydroxylation is 1. The number of ether oxygens (including phenoxy) is 2. The molecular weight excluding hydrogens is 480 g/mol. The second-order valence-electron chi connectivity index (χ2n) is 9.77. The third-order valence-corrected chi connectivity index (χ3v) is 6.83. The number of para-hydroxylation sites is 1. The standard InChI is InChI=1S/C22H34N2O4.C8H10N2/c1-4-6-12-24(17(3)25)13-11-23-20(16-21(26)27-5-2)15-19-9-7-8-18-10-14-28-22(18)19;1-3-7-4-2-6-10-8(7)9-5-1/h7-9,20,23H,4-6,10-16H2,1-3H3;1,3,5H,2,4,6H2,(H,9,10)/t20-;/m1./s1. The lowest BCUT2D eigenvalue weighted by molar-refractivity contribution is -0.143. The number of aromatic nitrogens is 1. The number of rotatable bonds is 12. The van der Waals surface area contributed by atoms with E-state index in [0.29, 0.717) is 39.1 Å². The minimum Gasteiger partial charge on any atom is -0.493 e. The monoisotopic (exact) mass is 524 g/mol. The summed E-state index contributed by atoms with van der Waals surface area (Å²) in [6.07, 6.45) is 8.22. The second-order valence-corrected chi connectivity index (χ2v) is 9.77. The molecular formula is C30H44N4O4. The van der Waals surface area contributed by atoms with Gasteiger partial charge >= 0.3 is 5.97 Å². The number of carbonyl (C=O) groups excluding carboxylic acids is 2. The van der Waals surface area contributed by atoms with Gasteiger partial charge in [-0.25, -0.2) is 4.98 Å². The van der Waals surface area contributed by atoms with Gasteiger partial charge in [-0.3, -0.25) is 9.59 Å². The van der Waals surface area contributed by atoms with Gasteiger partial charge in [-0.2, -0.15) is 0 Å². The van der Waals surface area contributed by atoms with E-state index in [-0.39, 0.29) is 17.9 Å². The Labute approximate surface area is 227 Å². The van der Waals surface area contributed by atoms with Crippen molar-refractivity contribution in [1.82, 2.24) is 15.2 Å². The van der Waals surface area contributed by atoms with Crippen LogP contribution >= 0.6 is 0 Å². The van der Waals surface area contributed by atoms with Gasteiger partial charge in [0.25, 0.3) is 0 Å². The van der Waals surface area contributed by atoms with Crippen molar-refractivity contribution in [2.75, 3.05) is 44.7 Å². The molecule has 1 aromatic carbocycles. The Balaban J connectivity index is 0.000000329. The molecule has 0 saturated heterocycles. The number of esters is 1. The number of pyridine rings is 1. The van der Waals surface area contributed by atoms with Crippen molar-refractivity contribution >= 4 is 17.7 Å². The molecule has 1 amide bonds. The summed E-state index contributed by atoms with van der Waals surface area (Å²) in [5.74, 6) is 1.93. The predicted molar refractivity (Wildman–Crippen MR) is 151 cm³/mol. The van der Waals surface area contributed by atoms with Gasteiger partial charge < -0.3 is 25.0 Å². The number of benzene rings is 1. The zero-order valence-electron chi connectivity index (χ0n) is 23.3. The van der Waals surface area contributed by atoms with E-state index in [1.54, 1.807) is 6.92 Å². The smallest absolute Gasteiger partial charge is 0.307 e. The fraction of sp³-hybridized carbons (Fsp3) is 0.567. The van der Waals surface area contributed by atoms with Gasteiger partial charge in [-0.05, 0) is 55.4 Å². The maximum absolute atomic E-state index is 12.1. The van der Waals surface area contributed by atoms with E-state index < -0.39 is 0 Å². The molecule has 2 aliphatic rings. The van der Waals surface area contributed by atoms with E-state index in [0.717, 1.165) is 49.5 Å². The molecule has 38 heavy (non-hydrogen) atoms. The topological polar surface area (TPSA) is 92.8 Å². The van der Waals surface area contributed by atoms with Gasteiger partial charge in [0.15, 0.2) is 0 Å². The number of unbranched alkanes of at least 4 members (excludes halogenated alkanes) is 1. The Hall–Kier alpha value is -3.13. The highest BCUT2D eigenvalue weighted by Gasteiger charge is 2.21. The Morgan fingerprint density at radius 3 is 2.76 bits per heavy atom. The summed E-state index contributed by atoms with van der Waals surface area (Å²) in [6.45, 7) is 9.76. The van der Waals surface area contributed by atoms with E-state index >= 15 is 0 Å². The Morgan fingerprint density at radius 2 is 2.00 bits per heavy atom. The molecule has 8 heteroatoms. The van der Waals surface area contributed by atoms with Gasteiger partial charge in [0.1, 0.15) is 11.6 Å². The Morgan fingerprint density at radius 1 is 1.16 bits per heavy atom. The summed E-state index contributed by atoms with van der Waals surface area (Å²) in [4.78, 5) is 30.0. The molecule has 8 nitrogen and oxygen atoms in total. The summed E-state index contributed by atoms with van der Waals surface area (Å²) in [6, 6.07) is 10.3. The van der Waals surface area contributed by atoms with Gasteiger partial charge in [0.2, 0.25) is 5.91 Å². The molecule has 1 aromatic heterocycles. The first-order valence-electron chi connectivity index (χ1n) is 14.1. The van der Waals surface area contributed by atoms with E-state index in [2.05, 4.69) is 40.7 Å². The summed E-state index contributed by atoms with van der Waals surface area (Å²) in [5, 5.41) is 6.71. The zero-order chi connectivity index (χ0) is 27.2. The second kappa shape index (κ2) is 16.0. The fourth-order valence-electron chi connectivity index (χ4n) is 4.81. The van der Waals surface area contributed by atoms with Crippen molar-refractivity contribution in [2.45, 2.75) is 71.8 Å². The lowest BCUT2D eigenvalue weighted by Gasteiger charge is -2.24. The van der Waals surface area contributed by atoms with E-state index in [9.17, 15) is 9.59 Å². The van der Waals surface area contributed by atoms with Crippen LogP contribution in [0.4, 0.5) is 5.82 Å². The summed E-state index contributed by atoms with van der Waals surface area (Å²) >= 11 is 0. The highest BCUT2D eigenvalue weighted by Crippen LogP contribution is 2.30. The lowest BCUT2D eigenvalue weighted by Crippen LogP contribution is -2.41. The third kappa shape index (κ3) is 9.31. The van der Waals surface area contributed by atoms with E-state index in [4.69, 9.17) is 9.47 Å². The minimum atomic E-state index is -0.206. The van der Waals surface area contributed by atoms with Crippen LogP contribution in [0.3, 0.4) is 0 Å².